The standard InChI is InChI=1S/C18H34O2.CH2Cl2/c1-2-3-4-5-6-7-8-9-10-11-12-13-14-15-16-17-18(19)20;2-1-3/h9-10H,2-8,11-17H2,1H3,(H,19,20);1H2/b10-9-;. The molecule has 23 heavy (non-hydrogen) atoms. The Labute approximate surface area is 153 Å². The maximum atomic E-state index is 10.3. The molecular formula is C19H36Cl2O2. The van der Waals surface area contributed by atoms with Crippen LogP contribution in [0.1, 0.15) is 96.8 Å². The van der Waals surface area contributed by atoms with Crippen LogP contribution in [0.15, 0.2) is 12.2 Å². The second kappa shape index (κ2) is 24.0. The van der Waals surface area contributed by atoms with E-state index in [2.05, 4.69) is 19.1 Å². The van der Waals surface area contributed by atoms with Crippen LogP contribution >= 0.6 is 23.2 Å². The zero-order valence-corrected chi connectivity index (χ0v) is 16.4. The van der Waals surface area contributed by atoms with Gasteiger partial charge in [0.05, 0.1) is 5.34 Å². The first-order chi connectivity index (χ1) is 11.2. The summed E-state index contributed by atoms with van der Waals surface area (Å²) in [5, 5.41) is 8.70. The predicted molar refractivity (Wildman–Crippen MR) is 104 cm³/mol. The van der Waals surface area contributed by atoms with Gasteiger partial charge in [0.1, 0.15) is 0 Å². The van der Waals surface area contributed by atoms with Crippen molar-refractivity contribution < 1.29 is 9.90 Å². The van der Waals surface area contributed by atoms with Gasteiger partial charge in [-0.2, -0.15) is 0 Å². The molecule has 0 aliphatic carbocycles. The second-order valence-corrected chi connectivity index (χ2v) is 6.64. The average Bonchev–Trinajstić information content (AvgIpc) is 2.51. The Morgan fingerprint density at radius 1 is 0.783 bits per heavy atom. The third-order valence-corrected chi connectivity index (χ3v) is 3.65. The number of hydrogen-bond acceptors (Lipinski definition) is 1. The van der Waals surface area contributed by atoms with Gasteiger partial charge in [-0.05, 0) is 32.1 Å². The van der Waals surface area contributed by atoms with Crippen molar-refractivity contribution in [2.45, 2.75) is 96.8 Å². The SMILES string of the molecule is CCCCCCCC/C=C\CCCCCCCC(=O)O.ClCCl. The van der Waals surface area contributed by atoms with Crippen molar-refractivity contribution in [3.8, 4) is 0 Å². The third-order valence-electron chi connectivity index (χ3n) is 3.65. The van der Waals surface area contributed by atoms with Gasteiger partial charge < -0.3 is 5.11 Å². The zero-order valence-electron chi connectivity index (χ0n) is 14.9. The molecule has 0 atom stereocenters. The van der Waals surface area contributed by atoms with E-state index in [9.17, 15) is 4.79 Å². The van der Waals surface area contributed by atoms with Gasteiger partial charge in [-0.3, -0.25) is 4.79 Å². The van der Waals surface area contributed by atoms with Gasteiger partial charge in [-0.15, -0.1) is 23.2 Å². The van der Waals surface area contributed by atoms with E-state index < -0.39 is 5.97 Å². The van der Waals surface area contributed by atoms with Crippen LogP contribution in [0.3, 0.4) is 0 Å². The summed E-state index contributed by atoms with van der Waals surface area (Å²) in [6, 6.07) is 0. The quantitative estimate of drug-likeness (QED) is 0.184. The van der Waals surface area contributed by atoms with Gasteiger partial charge in [0.2, 0.25) is 0 Å². The number of aliphatic carboxylic acids is 1. The normalized spacial score (nSPS) is 10.6. The number of carboxylic acids is 1. The molecule has 0 saturated heterocycles. The van der Waals surface area contributed by atoms with Crippen molar-refractivity contribution in [2.24, 2.45) is 0 Å². The van der Waals surface area contributed by atoms with Crippen molar-refractivity contribution in [1.82, 2.24) is 0 Å². The fourth-order valence-corrected chi connectivity index (χ4v) is 2.35. The molecule has 0 aliphatic heterocycles. The van der Waals surface area contributed by atoms with E-state index in [0.717, 1.165) is 12.8 Å². The highest BCUT2D eigenvalue weighted by molar-refractivity contribution is 6.40. The first-order valence-electron chi connectivity index (χ1n) is 9.17. The molecule has 0 aromatic rings. The van der Waals surface area contributed by atoms with Crippen molar-refractivity contribution in [2.75, 3.05) is 5.34 Å². The van der Waals surface area contributed by atoms with Gasteiger partial charge in [-0.25, -0.2) is 0 Å². The molecule has 4 heteroatoms. The molecule has 0 aromatic carbocycles. The highest BCUT2D eigenvalue weighted by Gasteiger charge is 1.95. The number of alkyl halides is 2. The molecule has 138 valence electrons. The number of rotatable bonds is 15. The van der Waals surface area contributed by atoms with Gasteiger partial charge >= 0.3 is 5.97 Å². The minimum absolute atomic E-state index is 0.194. The molecular weight excluding hydrogens is 331 g/mol. The monoisotopic (exact) mass is 366 g/mol. The lowest BCUT2D eigenvalue weighted by molar-refractivity contribution is -0.137. The predicted octanol–water partition coefficient (Wildman–Crippen LogP) is 7.53. The molecule has 1 N–H and O–H groups in total. The van der Waals surface area contributed by atoms with Crippen LogP contribution in [0, 0.1) is 0 Å². The summed E-state index contributed by atoms with van der Waals surface area (Å²) in [4.78, 5) is 10.3. The van der Waals surface area contributed by atoms with Gasteiger partial charge in [0.15, 0.2) is 0 Å². The average molecular weight is 367 g/mol. The number of hydrogen-bond donors (Lipinski definition) is 1. The molecule has 0 amide bonds. The number of carbonyl (C=O) groups is 1. The van der Waals surface area contributed by atoms with Crippen LogP contribution in [0.2, 0.25) is 0 Å². The largest absolute Gasteiger partial charge is 0.481 e. The first-order valence-corrected chi connectivity index (χ1v) is 10.2. The van der Waals surface area contributed by atoms with Crippen molar-refractivity contribution in [1.29, 1.82) is 0 Å². The Morgan fingerprint density at radius 2 is 1.17 bits per heavy atom. The van der Waals surface area contributed by atoms with Gasteiger partial charge in [0.25, 0.3) is 0 Å². The topological polar surface area (TPSA) is 37.3 Å². The lowest BCUT2D eigenvalue weighted by Crippen LogP contribution is -1.93. The first kappa shape index (κ1) is 25.0. The molecule has 0 spiro atoms. The Bertz CT molecular complexity index is 256. The molecule has 0 aliphatic rings. The Morgan fingerprint density at radius 3 is 1.61 bits per heavy atom. The summed E-state index contributed by atoms with van der Waals surface area (Å²) in [5.74, 6) is -0.664. The lowest BCUT2D eigenvalue weighted by atomic mass is 10.1. The lowest BCUT2D eigenvalue weighted by Gasteiger charge is -1.99. The minimum atomic E-state index is -0.664. The fourth-order valence-electron chi connectivity index (χ4n) is 2.35. The number of allylic oxidation sites excluding steroid dienone is 2. The molecule has 2 nitrogen and oxygen atoms in total. The Kier molecular flexibility index (Phi) is 26.2. The van der Waals surface area contributed by atoms with Crippen LogP contribution in [-0.2, 0) is 4.79 Å². The van der Waals surface area contributed by atoms with Crippen LogP contribution in [0.5, 0.6) is 0 Å². The van der Waals surface area contributed by atoms with Crippen molar-refractivity contribution >= 4 is 29.2 Å². The maximum Gasteiger partial charge on any atom is 0.303 e. The molecule has 0 aromatic heterocycles. The number of carboxylic acid groups (broad SMARTS) is 1. The van der Waals surface area contributed by atoms with E-state index in [4.69, 9.17) is 28.3 Å². The summed E-state index contributed by atoms with van der Waals surface area (Å²) in [6.45, 7) is 2.26. The smallest absolute Gasteiger partial charge is 0.303 e. The highest BCUT2D eigenvalue weighted by Crippen LogP contribution is 2.09. The molecule has 0 heterocycles. The van der Waals surface area contributed by atoms with E-state index in [1.54, 1.807) is 0 Å². The molecule has 0 fully saturated rings. The van der Waals surface area contributed by atoms with Crippen LogP contribution < -0.4 is 0 Å². The van der Waals surface area contributed by atoms with E-state index in [-0.39, 0.29) is 5.34 Å². The summed E-state index contributed by atoms with van der Waals surface area (Å²) in [6.07, 6.45) is 21.2. The molecule has 0 bridgehead atoms. The zero-order chi connectivity index (χ0) is 17.6. The second-order valence-electron chi connectivity index (χ2n) is 5.83. The van der Waals surface area contributed by atoms with Gasteiger partial charge in [-0.1, -0.05) is 70.4 Å². The Hall–Kier alpha value is -0.210. The van der Waals surface area contributed by atoms with Crippen LogP contribution in [-0.4, -0.2) is 16.4 Å². The van der Waals surface area contributed by atoms with E-state index in [1.807, 2.05) is 0 Å². The summed E-state index contributed by atoms with van der Waals surface area (Å²) in [7, 11) is 0. The fraction of sp³-hybridized carbons (Fsp3) is 0.842. The van der Waals surface area contributed by atoms with Crippen molar-refractivity contribution in [3.05, 3.63) is 12.2 Å². The number of unbranched alkanes of at least 4 members (excludes halogenated alkanes) is 11. The molecule has 0 radical (unpaired) electrons. The minimum Gasteiger partial charge on any atom is -0.481 e. The number of halogens is 2. The highest BCUT2D eigenvalue weighted by atomic mass is 35.5. The van der Waals surface area contributed by atoms with Gasteiger partial charge in [0, 0.05) is 6.42 Å². The van der Waals surface area contributed by atoms with Crippen LogP contribution in [0.4, 0.5) is 0 Å². The van der Waals surface area contributed by atoms with Crippen LogP contribution in [0.25, 0.3) is 0 Å². The molecule has 0 unspecified atom stereocenters. The maximum absolute atomic E-state index is 10.3. The van der Waals surface area contributed by atoms with E-state index >= 15 is 0 Å². The summed E-state index contributed by atoms with van der Waals surface area (Å²) < 4.78 is 0. The third kappa shape index (κ3) is 30.3. The summed E-state index contributed by atoms with van der Waals surface area (Å²) >= 11 is 9.53. The van der Waals surface area contributed by atoms with E-state index in [0.29, 0.717) is 6.42 Å². The van der Waals surface area contributed by atoms with Crippen molar-refractivity contribution in [3.63, 3.8) is 0 Å². The molecule has 0 saturated carbocycles. The summed E-state index contributed by atoms with van der Waals surface area (Å²) in [5.41, 5.74) is 0. The molecule has 0 rings (SSSR count). The Balaban J connectivity index is 0. The van der Waals surface area contributed by atoms with E-state index in [1.165, 1.54) is 70.6 Å².